The fraction of sp³-hybridized carbons (Fsp3) is 0.273. The van der Waals surface area contributed by atoms with Crippen LogP contribution in [0.4, 0.5) is 10.5 Å². The smallest absolute Gasteiger partial charge is 0.322 e. The van der Waals surface area contributed by atoms with Crippen molar-refractivity contribution in [1.82, 2.24) is 5.32 Å². The minimum absolute atomic E-state index is 0.118. The van der Waals surface area contributed by atoms with Gasteiger partial charge in [-0.2, -0.15) is 0 Å². The first-order valence-electron chi connectivity index (χ1n) is 5.09. The second-order valence-corrected chi connectivity index (χ2v) is 3.59. The number of urea groups is 1. The lowest BCUT2D eigenvalue weighted by atomic mass is 10.2. The van der Waals surface area contributed by atoms with Gasteiger partial charge in [-0.15, -0.1) is 0 Å². The highest BCUT2D eigenvalue weighted by molar-refractivity contribution is 5.90. The van der Waals surface area contributed by atoms with E-state index < -0.39 is 18.0 Å². The average molecular weight is 237 g/mol. The third-order valence-electron chi connectivity index (χ3n) is 2.19. The van der Waals surface area contributed by atoms with Crippen LogP contribution in [-0.2, 0) is 4.79 Å². The van der Waals surface area contributed by atoms with E-state index in [2.05, 4.69) is 10.6 Å². The Labute approximate surface area is 98.8 Å². The summed E-state index contributed by atoms with van der Waals surface area (Å²) in [5, 5.41) is 13.5. The average Bonchev–Trinajstić information content (AvgIpc) is 2.29. The zero-order valence-corrected chi connectivity index (χ0v) is 9.43. The van der Waals surface area contributed by atoms with Crippen molar-refractivity contribution >= 4 is 17.7 Å². The third kappa shape index (κ3) is 4.12. The van der Waals surface area contributed by atoms with Crippen molar-refractivity contribution in [1.29, 1.82) is 0 Å². The van der Waals surface area contributed by atoms with Crippen molar-refractivity contribution < 1.29 is 14.7 Å². The van der Waals surface area contributed by atoms with Gasteiger partial charge in [-0.05, 0) is 18.6 Å². The number of benzene rings is 1. The Balaban J connectivity index is 2.46. The number of carbonyl (C=O) groups is 2. The predicted octanol–water partition coefficient (Wildman–Crippen LogP) is 0.528. The number of hydrogen-bond donors (Lipinski definition) is 4. The van der Waals surface area contributed by atoms with Crippen LogP contribution in [0, 0.1) is 6.92 Å². The molecule has 0 spiro atoms. The van der Waals surface area contributed by atoms with Crippen molar-refractivity contribution in [2.75, 3.05) is 11.9 Å². The van der Waals surface area contributed by atoms with Gasteiger partial charge in [0.2, 0.25) is 0 Å². The van der Waals surface area contributed by atoms with Crippen LogP contribution >= 0.6 is 0 Å². The minimum atomic E-state index is -1.15. The molecule has 0 saturated heterocycles. The standard InChI is InChI=1S/C11H15N3O3/c1-7-4-2-3-5-9(7)14-11(17)13-6-8(12)10(15)16/h2-5,8H,6,12H2,1H3,(H,15,16)(H2,13,14,17). The molecule has 6 heteroatoms. The fourth-order valence-corrected chi connectivity index (χ4v) is 1.17. The molecule has 1 rings (SSSR count). The molecule has 0 fully saturated rings. The molecule has 1 atom stereocenters. The van der Waals surface area contributed by atoms with Crippen molar-refractivity contribution in [2.45, 2.75) is 13.0 Å². The van der Waals surface area contributed by atoms with Crippen molar-refractivity contribution in [3.05, 3.63) is 29.8 Å². The maximum absolute atomic E-state index is 11.4. The van der Waals surface area contributed by atoms with Crippen LogP contribution in [0.2, 0.25) is 0 Å². The first-order valence-corrected chi connectivity index (χ1v) is 5.09. The minimum Gasteiger partial charge on any atom is -0.480 e. The zero-order valence-electron chi connectivity index (χ0n) is 9.43. The molecule has 0 saturated carbocycles. The second kappa shape index (κ2) is 5.86. The van der Waals surface area contributed by atoms with Crippen LogP contribution in [0.25, 0.3) is 0 Å². The Kier molecular flexibility index (Phi) is 4.47. The molecule has 1 aromatic carbocycles. The molecule has 0 aliphatic carbocycles. The van der Waals surface area contributed by atoms with E-state index in [1.807, 2.05) is 19.1 Å². The van der Waals surface area contributed by atoms with Crippen LogP contribution in [0.5, 0.6) is 0 Å². The molecule has 0 aromatic heterocycles. The molecule has 0 aliphatic heterocycles. The van der Waals surface area contributed by atoms with E-state index in [0.29, 0.717) is 5.69 Å². The summed E-state index contributed by atoms with van der Waals surface area (Å²) in [6.45, 7) is 1.74. The molecular weight excluding hydrogens is 222 g/mol. The maximum Gasteiger partial charge on any atom is 0.322 e. The largest absolute Gasteiger partial charge is 0.480 e. The molecule has 2 amide bonds. The van der Waals surface area contributed by atoms with Gasteiger partial charge in [0.1, 0.15) is 6.04 Å². The molecule has 5 N–H and O–H groups in total. The number of amides is 2. The highest BCUT2D eigenvalue weighted by Crippen LogP contribution is 2.12. The molecule has 92 valence electrons. The van der Waals surface area contributed by atoms with Gasteiger partial charge in [0.05, 0.1) is 0 Å². The molecule has 6 nitrogen and oxygen atoms in total. The first kappa shape index (κ1) is 13.0. The Morgan fingerprint density at radius 3 is 2.65 bits per heavy atom. The summed E-state index contributed by atoms with van der Waals surface area (Å²) in [4.78, 5) is 21.8. The number of para-hydroxylation sites is 1. The maximum atomic E-state index is 11.4. The van der Waals surface area contributed by atoms with E-state index >= 15 is 0 Å². The molecule has 0 heterocycles. The lowest BCUT2D eigenvalue weighted by molar-refractivity contribution is -0.138. The van der Waals surface area contributed by atoms with E-state index in [1.165, 1.54) is 0 Å². The summed E-state index contributed by atoms with van der Waals surface area (Å²) in [6.07, 6.45) is 0. The summed E-state index contributed by atoms with van der Waals surface area (Å²) in [7, 11) is 0. The zero-order chi connectivity index (χ0) is 12.8. The summed E-state index contributed by atoms with van der Waals surface area (Å²) in [6, 6.07) is 5.70. The molecule has 1 aromatic rings. The second-order valence-electron chi connectivity index (χ2n) is 3.59. The van der Waals surface area contributed by atoms with Crippen molar-refractivity contribution in [2.24, 2.45) is 5.73 Å². The number of aryl methyl sites for hydroxylation is 1. The number of aliphatic carboxylic acids is 1. The normalized spacial score (nSPS) is 11.6. The van der Waals surface area contributed by atoms with E-state index in [4.69, 9.17) is 10.8 Å². The molecule has 0 radical (unpaired) electrons. The SMILES string of the molecule is Cc1ccccc1NC(=O)NCC(N)C(=O)O. The van der Waals surface area contributed by atoms with Gasteiger partial charge in [-0.1, -0.05) is 18.2 Å². The van der Waals surface area contributed by atoms with Gasteiger partial charge in [-0.25, -0.2) is 4.79 Å². The van der Waals surface area contributed by atoms with E-state index in [0.717, 1.165) is 5.56 Å². The first-order chi connectivity index (χ1) is 8.00. The van der Waals surface area contributed by atoms with Crippen LogP contribution in [0.1, 0.15) is 5.56 Å². The number of hydrogen-bond acceptors (Lipinski definition) is 3. The van der Waals surface area contributed by atoms with Crippen LogP contribution in [-0.4, -0.2) is 29.7 Å². The van der Waals surface area contributed by atoms with Gasteiger partial charge in [0, 0.05) is 12.2 Å². The summed E-state index contributed by atoms with van der Waals surface area (Å²) in [5.74, 6) is -1.15. The topological polar surface area (TPSA) is 104 Å². The Hall–Kier alpha value is -2.08. The summed E-state index contributed by atoms with van der Waals surface area (Å²) in [5.41, 5.74) is 6.84. The van der Waals surface area contributed by atoms with Crippen molar-refractivity contribution in [3.63, 3.8) is 0 Å². The van der Waals surface area contributed by atoms with Crippen LogP contribution < -0.4 is 16.4 Å². The quantitative estimate of drug-likeness (QED) is 0.613. The number of nitrogens with one attached hydrogen (secondary N) is 2. The van der Waals surface area contributed by atoms with E-state index in [-0.39, 0.29) is 6.54 Å². The molecule has 0 bridgehead atoms. The van der Waals surface area contributed by atoms with Crippen LogP contribution in [0.3, 0.4) is 0 Å². The van der Waals surface area contributed by atoms with Crippen molar-refractivity contribution in [3.8, 4) is 0 Å². The lowest BCUT2D eigenvalue weighted by Gasteiger charge is -2.11. The summed E-state index contributed by atoms with van der Waals surface area (Å²) < 4.78 is 0. The number of nitrogens with two attached hydrogens (primary N) is 1. The number of carboxylic acids is 1. The number of carboxylic acid groups (broad SMARTS) is 1. The molecule has 1 unspecified atom stereocenters. The van der Waals surface area contributed by atoms with Gasteiger partial charge in [0.15, 0.2) is 0 Å². The monoisotopic (exact) mass is 237 g/mol. The Bertz CT molecular complexity index is 420. The highest BCUT2D eigenvalue weighted by atomic mass is 16.4. The molecule has 0 aliphatic rings. The third-order valence-corrected chi connectivity index (χ3v) is 2.19. The van der Waals surface area contributed by atoms with Gasteiger partial charge in [0.25, 0.3) is 0 Å². The lowest BCUT2D eigenvalue weighted by Crippen LogP contribution is -2.43. The highest BCUT2D eigenvalue weighted by Gasteiger charge is 2.12. The molecule has 17 heavy (non-hydrogen) atoms. The van der Waals surface area contributed by atoms with Gasteiger partial charge < -0.3 is 21.5 Å². The van der Waals surface area contributed by atoms with Crippen LogP contribution in [0.15, 0.2) is 24.3 Å². The predicted molar refractivity (Wildman–Crippen MR) is 63.8 cm³/mol. The number of anilines is 1. The van der Waals surface area contributed by atoms with Gasteiger partial charge >= 0.3 is 12.0 Å². The number of rotatable bonds is 4. The van der Waals surface area contributed by atoms with Gasteiger partial charge in [-0.3, -0.25) is 4.79 Å². The number of carbonyl (C=O) groups excluding carboxylic acids is 1. The summed E-state index contributed by atoms with van der Waals surface area (Å²) >= 11 is 0. The van der Waals surface area contributed by atoms with E-state index in [9.17, 15) is 9.59 Å². The van der Waals surface area contributed by atoms with E-state index in [1.54, 1.807) is 12.1 Å². The molecular formula is C11H15N3O3. The Morgan fingerprint density at radius 1 is 1.41 bits per heavy atom. The Morgan fingerprint density at radius 2 is 2.06 bits per heavy atom. The fourth-order valence-electron chi connectivity index (χ4n) is 1.17.